The zero-order chi connectivity index (χ0) is 24.9. The first-order valence-electron chi connectivity index (χ1n) is 11.2. The Labute approximate surface area is 210 Å². The van der Waals surface area contributed by atoms with E-state index in [1.165, 1.54) is 11.3 Å². The van der Waals surface area contributed by atoms with E-state index in [1.807, 2.05) is 36.6 Å². The molecule has 4 rings (SSSR count). The van der Waals surface area contributed by atoms with Gasteiger partial charge in [-0.15, -0.1) is 11.3 Å². The van der Waals surface area contributed by atoms with E-state index in [2.05, 4.69) is 11.6 Å². The minimum atomic E-state index is -0.719. The number of allylic oxidation sites excluding steroid dienone is 1. The number of hydrogen-bond acceptors (Lipinski definition) is 8. The molecule has 3 heterocycles. The van der Waals surface area contributed by atoms with Gasteiger partial charge in [0.15, 0.2) is 16.3 Å². The maximum atomic E-state index is 13.6. The second kappa shape index (κ2) is 10.9. The number of thiazole rings is 1. The topological polar surface area (TPSA) is 79.1 Å². The van der Waals surface area contributed by atoms with Crippen molar-refractivity contribution < 1.29 is 19.0 Å². The van der Waals surface area contributed by atoms with Crippen LogP contribution in [0.5, 0.6) is 11.5 Å². The van der Waals surface area contributed by atoms with Gasteiger partial charge in [0.2, 0.25) is 0 Å². The molecule has 0 N–H and O–H groups in total. The zero-order valence-corrected chi connectivity index (χ0v) is 21.4. The molecular weight excluding hydrogens is 484 g/mol. The highest BCUT2D eigenvalue weighted by Gasteiger charge is 2.34. The van der Waals surface area contributed by atoms with Crippen molar-refractivity contribution in [3.05, 3.63) is 89.8 Å². The van der Waals surface area contributed by atoms with Crippen molar-refractivity contribution in [3.8, 4) is 11.5 Å². The molecule has 182 valence electrons. The average molecular weight is 511 g/mol. The third-order valence-corrected chi connectivity index (χ3v) is 7.08. The molecule has 0 aliphatic carbocycles. The second-order valence-electron chi connectivity index (χ2n) is 7.56. The minimum absolute atomic E-state index is 0.212. The van der Waals surface area contributed by atoms with Gasteiger partial charge in [0.1, 0.15) is 6.61 Å². The first kappa shape index (κ1) is 24.7. The third-order valence-electron chi connectivity index (χ3n) is 5.27. The number of ether oxygens (including phenoxy) is 3. The lowest BCUT2D eigenvalue weighted by atomic mass is 9.95. The Morgan fingerprint density at radius 3 is 2.71 bits per heavy atom. The molecule has 0 radical (unpaired) electrons. The number of hydrogen-bond donors (Lipinski definition) is 0. The highest BCUT2D eigenvalue weighted by molar-refractivity contribution is 7.11. The first-order chi connectivity index (χ1) is 17.0. The average Bonchev–Trinajstić information content (AvgIpc) is 3.45. The molecule has 0 amide bonds. The van der Waals surface area contributed by atoms with E-state index in [-0.39, 0.29) is 12.2 Å². The molecule has 1 atom stereocenters. The summed E-state index contributed by atoms with van der Waals surface area (Å²) in [5.74, 6) is 0.570. The van der Waals surface area contributed by atoms with Crippen molar-refractivity contribution in [2.45, 2.75) is 26.8 Å². The predicted octanol–water partition coefficient (Wildman–Crippen LogP) is 3.82. The Balaban J connectivity index is 1.93. The molecule has 0 bridgehead atoms. The number of esters is 1. The monoisotopic (exact) mass is 510 g/mol. The van der Waals surface area contributed by atoms with E-state index >= 15 is 0 Å². The molecule has 9 heteroatoms. The van der Waals surface area contributed by atoms with Crippen molar-refractivity contribution in [1.82, 2.24) is 4.57 Å². The van der Waals surface area contributed by atoms with Crippen LogP contribution in [-0.4, -0.2) is 30.4 Å². The SMILES string of the molecule is C=CCOc1ccc([C@@H]2C(C(=O)OCC)=C(C)N=c3sc(=Cc4cccs4)c(=O)n32)cc1OCC. The molecule has 0 saturated heterocycles. The molecule has 1 aromatic carbocycles. The van der Waals surface area contributed by atoms with E-state index in [0.29, 0.717) is 50.9 Å². The summed E-state index contributed by atoms with van der Waals surface area (Å²) in [6, 6.07) is 8.59. The summed E-state index contributed by atoms with van der Waals surface area (Å²) in [5, 5.41) is 1.96. The Hall–Kier alpha value is -3.43. The van der Waals surface area contributed by atoms with Crippen molar-refractivity contribution in [3.63, 3.8) is 0 Å². The number of thiophene rings is 1. The minimum Gasteiger partial charge on any atom is -0.490 e. The number of rotatable bonds is 9. The lowest BCUT2D eigenvalue weighted by Gasteiger charge is -2.25. The van der Waals surface area contributed by atoms with E-state index < -0.39 is 12.0 Å². The summed E-state index contributed by atoms with van der Waals surface area (Å²) in [6.45, 7) is 10.0. The number of aromatic nitrogens is 1. The summed E-state index contributed by atoms with van der Waals surface area (Å²) in [4.78, 5) is 32.8. The largest absolute Gasteiger partial charge is 0.490 e. The zero-order valence-electron chi connectivity index (χ0n) is 19.8. The molecule has 0 unspecified atom stereocenters. The Morgan fingerprint density at radius 1 is 1.20 bits per heavy atom. The van der Waals surface area contributed by atoms with Crippen LogP contribution in [0.3, 0.4) is 0 Å². The van der Waals surface area contributed by atoms with E-state index in [1.54, 1.807) is 48.0 Å². The van der Waals surface area contributed by atoms with Gasteiger partial charge in [-0.3, -0.25) is 9.36 Å². The van der Waals surface area contributed by atoms with Gasteiger partial charge in [0.25, 0.3) is 5.56 Å². The van der Waals surface area contributed by atoms with Gasteiger partial charge in [-0.25, -0.2) is 9.79 Å². The van der Waals surface area contributed by atoms with Gasteiger partial charge in [-0.2, -0.15) is 0 Å². The summed E-state index contributed by atoms with van der Waals surface area (Å²) >= 11 is 2.85. The van der Waals surface area contributed by atoms with Crippen LogP contribution in [-0.2, 0) is 9.53 Å². The van der Waals surface area contributed by atoms with E-state index in [0.717, 1.165) is 4.88 Å². The molecule has 0 spiro atoms. The molecule has 0 saturated carbocycles. The van der Waals surface area contributed by atoms with Crippen LogP contribution in [0.15, 0.2) is 69.4 Å². The number of nitrogens with zero attached hydrogens (tertiary/aromatic N) is 2. The quantitative estimate of drug-likeness (QED) is 0.323. The van der Waals surface area contributed by atoms with Crippen LogP contribution in [0.2, 0.25) is 0 Å². The summed E-state index contributed by atoms with van der Waals surface area (Å²) in [5.41, 5.74) is 1.32. The molecular formula is C26H26N2O5S2. The van der Waals surface area contributed by atoms with Crippen molar-refractivity contribution >= 4 is 34.7 Å². The Morgan fingerprint density at radius 2 is 2.03 bits per heavy atom. The molecule has 1 aliphatic rings. The number of carbonyl (C=O) groups excluding carboxylic acids is 1. The summed E-state index contributed by atoms with van der Waals surface area (Å²) < 4.78 is 19.0. The highest BCUT2D eigenvalue weighted by Crippen LogP contribution is 2.36. The third kappa shape index (κ3) is 5.01. The van der Waals surface area contributed by atoms with Crippen LogP contribution < -0.4 is 24.4 Å². The van der Waals surface area contributed by atoms with E-state index in [9.17, 15) is 9.59 Å². The standard InChI is InChI=1S/C26H26N2O5S2/c1-5-12-33-19-11-10-17(14-20(19)31-6-2)23-22(25(30)32-7-3)16(4)27-26-28(23)24(29)21(35-26)15-18-9-8-13-34-18/h5,8-11,13-15,23H,1,6-7,12H2,2-4H3/t23-/m1/s1. The fraction of sp³-hybridized carbons (Fsp3) is 0.269. The number of carbonyl (C=O) groups is 1. The summed E-state index contributed by atoms with van der Waals surface area (Å²) in [6.07, 6.45) is 3.51. The fourth-order valence-electron chi connectivity index (χ4n) is 3.84. The molecule has 3 aromatic rings. The van der Waals surface area contributed by atoms with Crippen molar-refractivity contribution in [2.24, 2.45) is 4.99 Å². The summed E-state index contributed by atoms with van der Waals surface area (Å²) in [7, 11) is 0. The number of benzene rings is 1. The van der Waals surface area contributed by atoms with E-state index in [4.69, 9.17) is 14.2 Å². The smallest absolute Gasteiger partial charge is 0.338 e. The van der Waals surface area contributed by atoms with Crippen LogP contribution in [0, 0.1) is 0 Å². The second-order valence-corrected chi connectivity index (χ2v) is 9.54. The normalized spacial score (nSPS) is 15.4. The first-order valence-corrected chi connectivity index (χ1v) is 12.9. The molecule has 7 nitrogen and oxygen atoms in total. The molecule has 35 heavy (non-hydrogen) atoms. The van der Waals surface area contributed by atoms with Gasteiger partial charge in [-0.1, -0.05) is 36.1 Å². The lowest BCUT2D eigenvalue weighted by molar-refractivity contribution is -0.139. The van der Waals surface area contributed by atoms with Gasteiger partial charge >= 0.3 is 5.97 Å². The lowest BCUT2D eigenvalue weighted by Crippen LogP contribution is -2.39. The maximum Gasteiger partial charge on any atom is 0.338 e. The highest BCUT2D eigenvalue weighted by atomic mass is 32.1. The molecule has 1 aliphatic heterocycles. The predicted molar refractivity (Wildman–Crippen MR) is 138 cm³/mol. The number of fused-ring (bicyclic) bond motifs is 1. The van der Waals surface area contributed by atoms with Crippen LogP contribution in [0.4, 0.5) is 0 Å². The van der Waals surface area contributed by atoms with Gasteiger partial charge in [0, 0.05) is 4.88 Å². The van der Waals surface area contributed by atoms with Crippen LogP contribution >= 0.6 is 22.7 Å². The van der Waals surface area contributed by atoms with Gasteiger partial charge in [-0.05, 0) is 56.0 Å². The fourth-order valence-corrected chi connectivity index (χ4v) is 5.61. The Kier molecular flexibility index (Phi) is 7.67. The molecule has 0 fully saturated rings. The Bertz CT molecular complexity index is 1450. The van der Waals surface area contributed by atoms with Crippen molar-refractivity contribution in [1.29, 1.82) is 0 Å². The van der Waals surface area contributed by atoms with Crippen LogP contribution in [0.1, 0.15) is 37.3 Å². The maximum absolute atomic E-state index is 13.6. The molecule has 2 aromatic heterocycles. The van der Waals surface area contributed by atoms with Crippen molar-refractivity contribution in [2.75, 3.05) is 19.8 Å². The van der Waals surface area contributed by atoms with Crippen LogP contribution in [0.25, 0.3) is 6.08 Å². The van der Waals surface area contributed by atoms with Gasteiger partial charge < -0.3 is 14.2 Å². The van der Waals surface area contributed by atoms with Gasteiger partial charge in [0.05, 0.1) is 35.1 Å².